The molecule has 0 spiro atoms. The number of hydrogen-bond acceptors (Lipinski definition) is 3. The molecule has 0 aromatic heterocycles. The largest absolute Gasteiger partial charge is 0.468 e. The topological polar surface area (TPSA) is 26.3 Å². The molecule has 2 nitrogen and oxygen atoms in total. The molecule has 0 bridgehead atoms. The van der Waals surface area contributed by atoms with Gasteiger partial charge in [0.2, 0.25) is 0 Å². The first-order valence-electron chi connectivity index (χ1n) is 2.91. The summed E-state index contributed by atoms with van der Waals surface area (Å²) in [7, 11) is 1.41. The Morgan fingerprint density at radius 2 is 2.33 bits per heavy atom. The van der Waals surface area contributed by atoms with Crippen LogP contribution in [0.5, 0.6) is 0 Å². The van der Waals surface area contributed by atoms with Gasteiger partial charge in [-0.1, -0.05) is 6.92 Å². The third kappa shape index (κ3) is 3.40. The van der Waals surface area contributed by atoms with Crippen LogP contribution < -0.4 is 0 Å². The number of hydrogen-bond donors (Lipinski definition) is 0. The van der Waals surface area contributed by atoms with Crippen LogP contribution >= 0.6 is 11.8 Å². The fourth-order valence-electron chi connectivity index (χ4n) is 0.484. The molecule has 0 fully saturated rings. The molecule has 0 N–H and O–H groups in total. The molecule has 0 aliphatic carbocycles. The van der Waals surface area contributed by atoms with Gasteiger partial charge in [-0.25, -0.2) is 0 Å². The lowest BCUT2D eigenvalue weighted by molar-refractivity contribution is -0.139. The minimum Gasteiger partial charge on any atom is -0.468 e. The number of ether oxygens (including phenoxy) is 1. The first kappa shape index (κ1) is 8.82. The van der Waals surface area contributed by atoms with Gasteiger partial charge in [0.15, 0.2) is 0 Å². The Balaban J connectivity index is 3.45. The minimum absolute atomic E-state index is 0.0139. The molecule has 1 unspecified atom stereocenters. The Bertz CT molecular complexity index is 93.1. The molecule has 3 heteroatoms. The Morgan fingerprint density at radius 1 is 1.78 bits per heavy atom. The standard InChI is InChI=1S/C6H12O2S/c1-4-9-5(2)6(7)8-3/h5H,4H2,1-3H3. The highest BCUT2D eigenvalue weighted by molar-refractivity contribution is 8.00. The maximum atomic E-state index is 10.7. The molecule has 0 aromatic rings. The van der Waals surface area contributed by atoms with Crippen LogP contribution in [0.3, 0.4) is 0 Å². The summed E-state index contributed by atoms with van der Waals surface area (Å²) < 4.78 is 4.50. The second-order valence-electron chi connectivity index (χ2n) is 1.62. The summed E-state index contributed by atoms with van der Waals surface area (Å²) >= 11 is 1.59. The summed E-state index contributed by atoms with van der Waals surface area (Å²) in [6, 6.07) is 0. The normalized spacial score (nSPS) is 12.8. The molecule has 0 aliphatic rings. The van der Waals surface area contributed by atoms with E-state index in [-0.39, 0.29) is 11.2 Å². The van der Waals surface area contributed by atoms with Gasteiger partial charge in [0.1, 0.15) is 0 Å². The molecule has 0 aliphatic heterocycles. The van der Waals surface area contributed by atoms with Crippen molar-refractivity contribution in [3.8, 4) is 0 Å². The van der Waals surface area contributed by atoms with Crippen LogP contribution in [0.25, 0.3) is 0 Å². The zero-order chi connectivity index (χ0) is 7.28. The predicted molar refractivity (Wildman–Crippen MR) is 39.6 cm³/mol. The maximum absolute atomic E-state index is 10.7. The van der Waals surface area contributed by atoms with Crippen LogP contribution in [-0.4, -0.2) is 24.1 Å². The number of carbonyl (C=O) groups is 1. The van der Waals surface area contributed by atoms with Crippen LogP contribution in [0.2, 0.25) is 0 Å². The smallest absolute Gasteiger partial charge is 0.318 e. The van der Waals surface area contributed by atoms with Crippen LogP contribution in [-0.2, 0) is 9.53 Å². The van der Waals surface area contributed by atoms with E-state index in [9.17, 15) is 4.79 Å². The van der Waals surface area contributed by atoms with Crippen molar-refractivity contribution in [3.05, 3.63) is 0 Å². The van der Waals surface area contributed by atoms with Gasteiger partial charge in [-0.3, -0.25) is 4.79 Å². The van der Waals surface area contributed by atoms with Gasteiger partial charge in [-0.2, -0.15) is 0 Å². The zero-order valence-electron chi connectivity index (χ0n) is 6.01. The third-order valence-electron chi connectivity index (χ3n) is 0.950. The van der Waals surface area contributed by atoms with Gasteiger partial charge in [-0.05, 0) is 12.7 Å². The molecule has 0 radical (unpaired) electrons. The van der Waals surface area contributed by atoms with Crippen LogP contribution in [0.15, 0.2) is 0 Å². The lowest BCUT2D eigenvalue weighted by Gasteiger charge is -2.05. The molecule has 54 valence electrons. The van der Waals surface area contributed by atoms with E-state index < -0.39 is 0 Å². The Kier molecular flexibility index (Phi) is 4.58. The highest BCUT2D eigenvalue weighted by atomic mass is 32.2. The highest BCUT2D eigenvalue weighted by Crippen LogP contribution is 2.09. The average Bonchev–Trinajstić information content (AvgIpc) is 1.87. The van der Waals surface area contributed by atoms with Crippen molar-refractivity contribution in [2.24, 2.45) is 0 Å². The van der Waals surface area contributed by atoms with Crippen molar-refractivity contribution >= 4 is 17.7 Å². The Hall–Kier alpha value is -0.180. The fraction of sp³-hybridized carbons (Fsp3) is 0.833. The van der Waals surface area contributed by atoms with E-state index in [1.807, 2.05) is 13.8 Å². The highest BCUT2D eigenvalue weighted by Gasteiger charge is 2.10. The average molecular weight is 148 g/mol. The van der Waals surface area contributed by atoms with Crippen molar-refractivity contribution in [1.29, 1.82) is 0 Å². The molecule has 9 heavy (non-hydrogen) atoms. The predicted octanol–water partition coefficient (Wildman–Crippen LogP) is 1.30. The monoisotopic (exact) mass is 148 g/mol. The second-order valence-corrected chi connectivity index (χ2v) is 3.24. The van der Waals surface area contributed by atoms with Gasteiger partial charge in [0.05, 0.1) is 12.4 Å². The fourth-order valence-corrected chi connectivity index (χ4v) is 1.22. The molecule has 1 atom stereocenters. The zero-order valence-corrected chi connectivity index (χ0v) is 6.83. The van der Waals surface area contributed by atoms with E-state index in [1.165, 1.54) is 7.11 Å². The number of esters is 1. The molecule has 0 saturated carbocycles. The van der Waals surface area contributed by atoms with E-state index in [4.69, 9.17) is 0 Å². The van der Waals surface area contributed by atoms with Crippen LogP contribution in [0.1, 0.15) is 13.8 Å². The van der Waals surface area contributed by atoms with E-state index in [1.54, 1.807) is 11.8 Å². The number of rotatable bonds is 3. The second kappa shape index (κ2) is 4.68. The number of methoxy groups -OCH3 is 1. The van der Waals surface area contributed by atoms with Crippen LogP contribution in [0, 0.1) is 0 Å². The summed E-state index contributed by atoms with van der Waals surface area (Å²) in [6.45, 7) is 3.87. The van der Waals surface area contributed by atoms with Gasteiger partial charge in [-0.15, -0.1) is 11.8 Å². The Morgan fingerprint density at radius 3 is 2.67 bits per heavy atom. The molecule has 0 amide bonds. The summed E-state index contributed by atoms with van der Waals surface area (Å²) in [5.74, 6) is 0.817. The first-order chi connectivity index (χ1) is 4.22. The summed E-state index contributed by atoms with van der Waals surface area (Å²) in [6.07, 6.45) is 0. The maximum Gasteiger partial charge on any atom is 0.318 e. The third-order valence-corrected chi connectivity index (χ3v) is 1.98. The van der Waals surface area contributed by atoms with Gasteiger partial charge < -0.3 is 4.74 Å². The number of carbonyl (C=O) groups excluding carboxylic acids is 1. The molecule has 0 heterocycles. The van der Waals surface area contributed by atoms with E-state index in [2.05, 4.69) is 4.74 Å². The van der Waals surface area contributed by atoms with Crippen molar-refractivity contribution in [1.82, 2.24) is 0 Å². The van der Waals surface area contributed by atoms with Crippen molar-refractivity contribution < 1.29 is 9.53 Å². The molecular weight excluding hydrogens is 136 g/mol. The van der Waals surface area contributed by atoms with Gasteiger partial charge in [0, 0.05) is 0 Å². The summed E-state index contributed by atoms with van der Waals surface area (Å²) in [5, 5.41) is -0.0139. The molecule has 0 aromatic carbocycles. The van der Waals surface area contributed by atoms with Gasteiger partial charge >= 0.3 is 5.97 Å². The molecule has 0 saturated heterocycles. The molecular formula is C6H12O2S. The SMILES string of the molecule is CCSC(C)C(=O)OC. The van der Waals surface area contributed by atoms with E-state index >= 15 is 0 Å². The lowest BCUT2D eigenvalue weighted by Crippen LogP contribution is -2.14. The lowest BCUT2D eigenvalue weighted by atomic mass is 10.5. The quantitative estimate of drug-likeness (QED) is 0.564. The van der Waals surface area contributed by atoms with Gasteiger partial charge in [0.25, 0.3) is 0 Å². The van der Waals surface area contributed by atoms with Crippen molar-refractivity contribution in [3.63, 3.8) is 0 Å². The minimum atomic E-state index is -0.137. The molecule has 0 rings (SSSR count). The van der Waals surface area contributed by atoms with E-state index in [0.29, 0.717) is 0 Å². The van der Waals surface area contributed by atoms with Crippen molar-refractivity contribution in [2.75, 3.05) is 12.9 Å². The van der Waals surface area contributed by atoms with Crippen molar-refractivity contribution in [2.45, 2.75) is 19.1 Å². The van der Waals surface area contributed by atoms with Crippen LogP contribution in [0.4, 0.5) is 0 Å². The number of thioether (sulfide) groups is 1. The summed E-state index contributed by atoms with van der Waals surface area (Å²) in [4.78, 5) is 10.7. The first-order valence-corrected chi connectivity index (χ1v) is 3.96. The summed E-state index contributed by atoms with van der Waals surface area (Å²) in [5.41, 5.74) is 0. The van der Waals surface area contributed by atoms with E-state index in [0.717, 1.165) is 5.75 Å². The Labute approximate surface area is 60.0 Å².